The molecule has 0 amide bonds. The molecule has 2 bridgehead atoms. The maximum atomic E-state index is 13.6. The van der Waals surface area contributed by atoms with Crippen molar-refractivity contribution in [2.45, 2.75) is 96.2 Å². The number of H-pyrrole nitrogens is 1. The van der Waals surface area contributed by atoms with Gasteiger partial charge in [0, 0.05) is 43.0 Å². The Morgan fingerprint density at radius 2 is 1.94 bits per heavy atom. The zero-order valence-electron chi connectivity index (χ0n) is 28.2. The summed E-state index contributed by atoms with van der Waals surface area (Å²) in [6.45, 7) is 9.05. The van der Waals surface area contributed by atoms with Gasteiger partial charge in [0.05, 0.1) is 11.7 Å². The van der Waals surface area contributed by atoms with Crippen LogP contribution in [0.25, 0.3) is 0 Å². The SMILES string of the molecule is CO[C@H]1CC2C=C[C@@H]3C[C@]2(O[C@H]3[C@H](OC(=O)c2ccc[nH]2)[C@H](C)[C@H](C)O)/C(C)=C/[C@@H](C)[C@@H]([C@@H](C)OC(=O)C[n+]2cccc(Cl)c2)OC1=O. The number of cyclic esters (lactones) is 1. The molecule has 1 fully saturated rings. The van der Waals surface area contributed by atoms with Gasteiger partial charge < -0.3 is 33.8 Å². The molecule has 2 aromatic rings. The molecule has 2 N–H and O–H groups in total. The summed E-state index contributed by atoms with van der Waals surface area (Å²) in [6, 6.07) is 6.80. The molecule has 1 spiro atoms. The van der Waals surface area contributed by atoms with E-state index in [1.54, 1.807) is 61.3 Å². The molecule has 260 valence electrons. The van der Waals surface area contributed by atoms with E-state index in [1.807, 2.05) is 26.8 Å². The number of carbonyl (C=O) groups excluding carboxylic acids is 3. The van der Waals surface area contributed by atoms with Gasteiger partial charge in [0.1, 0.15) is 35.1 Å². The number of hydrogen-bond acceptors (Lipinski definition) is 9. The Hall–Kier alpha value is -3.51. The first-order valence-electron chi connectivity index (χ1n) is 16.5. The molecule has 0 radical (unpaired) electrons. The number of ether oxygens (including phenoxy) is 5. The minimum Gasteiger partial charge on any atom is -0.456 e. The summed E-state index contributed by atoms with van der Waals surface area (Å²) < 4.78 is 32.2. The average molecular weight is 686 g/mol. The lowest BCUT2D eigenvalue weighted by Gasteiger charge is -2.41. The van der Waals surface area contributed by atoms with Crippen LogP contribution in [0.3, 0.4) is 0 Å². The number of aromatic amines is 1. The molecule has 4 heterocycles. The summed E-state index contributed by atoms with van der Waals surface area (Å²) in [7, 11) is 1.46. The van der Waals surface area contributed by atoms with Crippen LogP contribution in [-0.2, 0) is 39.8 Å². The zero-order valence-corrected chi connectivity index (χ0v) is 29.0. The molecule has 5 rings (SSSR count). The highest BCUT2D eigenvalue weighted by atomic mass is 35.5. The number of esters is 3. The third-order valence-electron chi connectivity index (χ3n) is 10.0. The van der Waals surface area contributed by atoms with Gasteiger partial charge in [-0.1, -0.05) is 43.7 Å². The molecular formula is C36H46ClN2O9+. The highest BCUT2D eigenvalue weighted by Gasteiger charge is 2.57. The van der Waals surface area contributed by atoms with E-state index >= 15 is 0 Å². The molecule has 3 aliphatic rings. The second-order valence-corrected chi connectivity index (χ2v) is 13.8. The molecule has 11 nitrogen and oxygen atoms in total. The lowest BCUT2D eigenvalue weighted by atomic mass is 9.69. The van der Waals surface area contributed by atoms with Crippen molar-refractivity contribution in [3.63, 3.8) is 0 Å². The number of aliphatic hydroxyl groups excluding tert-OH is 1. The molecule has 2 aliphatic heterocycles. The second-order valence-electron chi connectivity index (χ2n) is 13.3. The number of fused-ring (bicyclic) bond motifs is 1. The van der Waals surface area contributed by atoms with Crippen LogP contribution in [0, 0.1) is 23.7 Å². The molecule has 48 heavy (non-hydrogen) atoms. The maximum Gasteiger partial charge on any atom is 0.373 e. The molecular weight excluding hydrogens is 640 g/mol. The minimum atomic E-state index is -0.917. The summed E-state index contributed by atoms with van der Waals surface area (Å²) in [5, 5.41) is 11.1. The molecule has 0 saturated carbocycles. The number of nitrogens with one attached hydrogen (secondary N) is 1. The van der Waals surface area contributed by atoms with Crippen molar-refractivity contribution in [2.75, 3.05) is 7.11 Å². The first-order chi connectivity index (χ1) is 22.8. The van der Waals surface area contributed by atoms with Crippen LogP contribution in [0.15, 0.2) is 66.7 Å². The van der Waals surface area contributed by atoms with Gasteiger partial charge in [-0.15, -0.1) is 0 Å². The number of carbonyl (C=O) groups is 3. The van der Waals surface area contributed by atoms with Crippen molar-refractivity contribution >= 4 is 29.5 Å². The predicted molar refractivity (Wildman–Crippen MR) is 175 cm³/mol. The van der Waals surface area contributed by atoms with Crippen molar-refractivity contribution in [3.8, 4) is 0 Å². The zero-order chi connectivity index (χ0) is 34.7. The summed E-state index contributed by atoms with van der Waals surface area (Å²) in [5.41, 5.74) is 0.375. The van der Waals surface area contributed by atoms with Gasteiger partial charge in [0.25, 0.3) is 0 Å². The van der Waals surface area contributed by atoms with Gasteiger partial charge in [-0.05, 0) is 57.4 Å². The van der Waals surface area contributed by atoms with Crippen molar-refractivity contribution in [2.24, 2.45) is 23.7 Å². The molecule has 1 aliphatic carbocycles. The van der Waals surface area contributed by atoms with Crippen LogP contribution in [0.1, 0.15) is 57.9 Å². The van der Waals surface area contributed by atoms with E-state index < -0.39 is 66.1 Å². The van der Waals surface area contributed by atoms with Gasteiger partial charge in [0.2, 0.25) is 6.54 Å². The Bertz CT molecular complexity index is 1520. The molecule has 2 aromatic heterocycles. The second kappa shape index (κ2) is 14.9. The smallest absolute Gasteiger partial charge is 0.373 e. The van der Waals surface area contributed by atoms with Crippen LogP contribution in [0.4, 0.5) is 0 Å². The van der Waals surface area contributed by atoms with E-state index in [1.165, 1.54) is 7.11 Å². The topological polar surface area (TPSA) is 137 Å². The van der Waals surface area contributed by atoms with Gasteiger partial charge in [-0.3, -0.25) is 0 Å². The van der Waals surface area contributed by atoms with Crippen molar-refractivity contribution in [3.05, 3.63) is 77.4 Å². The average Bonchev–Trinajstić information content (AvgIpc) is 3.68. The third-order valence-corrected chi connectivity index (χ3v) is 10.3. The van der Waals surface area contributed by atoms with Crippen molar-refractivity contribution in [1.29, 1.82) is 0 Å². The maximum absolute atomic E-state index is 13.6. The van der Waals surface area contributed by atoms with E-state index in [0.29, 0.717) is 17.1 Å². The first kappa shape index (κ1) is 35.8. The molecule has 1 unspecified atom stereocenters. The summed E-state index contributed by atoms with van der Waals surface area (Å²) >= 11 is 6.07. The Kier molecular flexibility index (Phi) is 11.1. The van der Waals surface area contributed by atoms with Crippen LogP contribution in [0.5, 0.6) is 0 Å². The van der Waals surface area contributed by atoms with E-state index in [9.17, 15) is 19.5 Å². The number of nitrogens with zero attached hydrogens (tertiary/aromatic N) is 1. The number of pyridine rings is 1. The Balaban J connectivity index is 1.44. The highest BCUT2D eigenvalue weighted by molar-refractivity contribution is 6.30. The van der Waals surface area contributed by atoms with Gasteiger partial charge >= 0.3 is 17.9 Å². The Morgan fingerprint density at radius 1 is 1.17 bits per heavy atom. The molecule has 12 heteroatoms. The summed E-state index contributed by atoms with van der Waals surface area (Å²) in [5.74, 6) is -2.81. The van der Waals surface area contributed by atoms with E-state index in [0.717, 1.165) is 5.57 Å². The van der Waals surface area contributed by atoms with E-state index in [4.69, 9.17) is 35.3 Å². The highest BCUT2D eigenvalue weighted by Crippen LogP contribution is 2.53. The number of hydrogen-bond donors (Lipinski definition) is 2. The quantitative estimate of drug-likeness (QED) is 0.162. The Morgan fingerprint density at radius 3 is 2.60 bits per heavy atom. The lowest BCUT2D eigenvalue weighted by molar-refractivity contribution is -0.686. The number of halogens is 1. The lowest BCUT2D eigenvalue weighted by Crippen LogP contribution is -2.48. The largest absolute Gasteiger partial charge is 0.456 e. The molecule has 11 atom stereocenters. The number of aliphatic hydroxyl groups is 1. The number of rotatable bonds is 10. The fourth-order valence-electron chi connectivity index (χ4n) is 7.25. The van der Waals surface area contributed by atoms with E-state index in [-0.39, 0.29) is 30.7 Å². The fourth-order valence-corrected chi connectivity index (χ4v) is 7.45. The first-order valence-corrected chi connectivity index (χ1v) is 16.9. The van der Waals surface area contributed by atoms with Gasteiger partial charge in [0.15, 0.2) is 18.5 Å². The third kappa shape index (κ3) is 7.54. The summed E-state index contributed by atoms with van der Waals surface area (Å²) in [4.78, 5) is 42.5. The van der Waals surface area contributed by atoms with Gasteiger partial charge in [-0.25, -0.2) is 14.4 Å². The fraction of sp³-hybridized carbons (Fsp3) is 0.556. The van der Waals surface area contributed by atoms with Crippen molar-refractivity contribution in [1.82, 2.24) is 4.98 Å². The number of methoxy groups -OCH3 is 1. The number of aromatic nitrogens is 2. The molecule has 1 saturated heterocycles. The Labute approximate surface area is 286 Å². The molecule has 0 aromatic carbocycles. The monoisotopic (exact) mass is 685 g/mol. The normalized spacial score (nSPS) is 32.1. The van der Waals surface area contributed by atoms with Crippen LogP contribution in [-0.4, -0.2) is 77.3 Å². The minimum absolute atomic E-state index is 0.0657. The van der Waals surface area contributed by atoms with Crippen LogP contribution in [0.2, 0.25) is 5.02 Å². The summed E-state index contributed by atoms with van der Waals surface area (Å²) in [6.07, 6.45) is 7.35. The van der Waals surface area contributed by atoms with Crippen LogP contribution < -0.4 is 4.57 Å². The van der Waals surface area contributed by atoms with E-state index in [2.05, 4.69) is 17.1 Å². The van der Waals surface area contributed by atoms with Crippen LogP contribution >= 0.6 is 11.6 Å². The van der Waals surface area contributed by atoms with Crippen molar-refractivity contribution < 1.29 is 47.7 Å². The predicted octanol–water partition coefficient (Wildman–Crippen LogP) is 4.37. The standard InChI is InChI=1S/C36H45ClN2O9/c1-20-15-21(2)36-17-25(33(48-36)32(22(3)23(4)40)47-34(42)28-10-7-13-38-28)11-12-26(36)16-29(44-6)35(43)46-31(20)24(5)45-30(41)19-39-14-8-9-27(37)18-39/h7-15,18,20,22-26,29,31-33,40H,16-17,19H2,1-6H3/p+1/b21-15+/t20-,22-,23+,24-,25-,26?,29+,31+,32-,33-,36+/m1/s1. The van der Waals surface area contributed by atoms with Gasteiger partial charge in [-0.2, -0.15) is 4.57 Å².